The zero-order chi connectivity index (χ0) is 33.7. The summed E-state index contributed by atoms with van der Waals surface area (Å²) in [5.74, 6) is -1.31. The number of hydrogen-bond acceptors (Lipinski definition) is 6. The van der Waals surface area contributed by atoms with Crippen molar-refractivity contribution in [1.29, 1.82) is 0 Å². The van der Waals surface area contributed by atoms with Gasteiger partial charge in [0.25, 0.3) is 23.3 Å². The van der Waals surface area contributed by atoms with Gasteiger partial charge in [-0.3, -0.25) is 19.2 Å². The Hall–Kier alpha value is -4.79. The van der Waals surface area contributed by atoms with Gasteiger partial charge < -0.3 is 15.1 Å². The molecule has 11 nitrogen and oxygen atoms in total. The van der Waals surface area contributed by atoms with Gasteiger partial charge >= 0.3 is 6.18 Å². The van der Waals surface area contributed by atoms with Crippen molar-refractivity contribution in [2.75, 3.05) is 21.1 Å². The van der Waals surface area contributed by atoms with Crippen LogP contribution in [0.2, 0.25) is 0 Å². The van der Waals surface area contributed by atoms with E-state index in [0.717, 1.165) is 6.07 Å². The molecule has 0 fully saturated rings. The molecule has 0 saturated carbocycles. The molecule has 3 amide bonds. The zero-order valence-electron chi connectivity index (χ0n) is 25.4. The summed E-state index contributed by atoms with van der Waals surface area (Å²) >= 11 is 2.90. The third kappa shape index (κ3) is 5.94. The van der Waals surface area contributed by atoms with Crippen molar-refractivity contribution in [1.82, 2.24) is 34.4 Å². The lowest BCUT2D eigenvalue weighted by Gasteiger charge is -2.34. The molecule has 1 N–H and O–H groups in total. The highest BCUT2D eigenvalue weighted by atomic mass is 79.9. The van der Waals surface area contributed by atoms with Crippen LogP contribution in [0.15, 0.2) is 57.8 Å². The van der Waals surface area contributed by atoms with Gasteiger partial charge in [0.2, 0.25) is 5.95 Å². The van der Waals surface area contributed by atoms with Crippen molar-refractivity contribution < 1.29 is 27.6 Å². The van der Waals surface area contributed by atoms with Crippen LogP contribution < -0.4 is 10.9 Å². The maximum atomic E-state index is 14.2. The van der Waals surface area contributed by atoms with E-state index in [0.29, 0.717) is 22.5 Å². The number of carbonyl (C=O) groups excluding carboxylic acids is 3. The molecule has 15 heteroatoms. The van der Waals surface area contributed by atoms with Gasteiger partial charge in [-0.1, -0.05) is 15.9 Å². The van der Waals surface area contributed by atoms with Crippen LogP contribution in [0.5, 0.6) is 0 Å². The molecule has 1 unspecified atom stereocenters. The second-order valence-electron chi connectivity index (χ2n) is 11.1. The first-order valence-electron chi connectivity index (χ1n) is 14.1. The van der Waals surface area contributed by atoms with Crippen LogP contribution in [-0.4, -0.2) is 74.0 Å². The van der Waals surface area contributed by atoms with E-state index in [4.69, 9.17) is 4.98 Å². The molecule has 0 saturated heterocycles. The largest absolute Gasteiger partial charge is 0.417 e. The standard InChI is InChI=1S/C31H29BrF3N7O4/c1-16-12-21-25(15-40(16)27(44)19-8-11-23(32)22(14-19)31(33,34)35)37-30(42-17(2)13-24(38-42)29(46)39(4)5)41(28(21)45)20-9-6-18(7-10-20)26(43)36-3/h6-11,13-14,16H,12,15H2,1-5H3,(H,36,43). The number of carbonyl (C=O) groups is 3. The average Bonchev–Trinajstić information content (AvgIpc) is 3.40. The highest BCUT2D eigenvalue weighted by molar-refractivity contribution is 9.10. The van der Waals surface area contributed by atoms with Gasteiger partial charge in [0, 0.05) is 54.0 Å². The topological polar surface area (TPSA) is 122 Å². The molecular formula is C31H29BrF3N7O4. The lowest BCUT2D eigenvalue weighted by Crippen LogP contribution is -2.46. The Kier molecular flexibility index (Phi) is 8.64. The number of hydrogen-bond donors (Lipinski definition) is 1. The highest BCUT2D eigenvalue weighted by Crippen LogP contribution is 2.36. The Bertz CT molecular complexity index is 1930. The summed E-state index contributed by atoms with van der Waals surface area (Å²) < 4.78 is 43.3. The maximum absolute atomic E-state index is 14.2. The molecule has 2 aromatic heterocycles. The summed E-state index contributed by atoms with van der Waals surface area (Å²) in [4.78, 5) is 60.2. The van der Waals surface area contributed by atoms with Crippen LogP contribution in [0, 0.1) is 6.92 Å². The number of nitrogens with one attached hydrogen (secondary N) is 1. The maximum Gasteiger partial charge on any atom is 0.417 e. The van der Waals surface area contributed by atoms with Crippen molar-refractivity contribution >= 4 is 33.7 Å². The number of alkyl halides is 3. The number of amides is 3. The molecule has 1 atom stereocenters. The number of halogens is 4. The van der Waals surface area contributed by atoms with Crippen LogP contribution in [0.1, 0.15) is 60.6 Å². The van der Waals surface area contributed by atoms with E-state index in [9.17, 15) is 32.3 Å². The molecule has 4 aromatic rings. The van der Waals surface area contributed by atoms with E-state index in [2.05, 4.69) is 26.3 Å². The van der Waals surface area contributed by atoms with E-state index in [1.54, 1.807) is 58.3 Å². The molecule has 0 aliphatic carbocycles. The first kappa shape index (κ1) is 32.6. The SMILES string of the molecule is CNC(=O)c1ccc(-n2c(-n3nc(C(=O)N(C)C)cc3C)nc3c(c2=O)CC(C)N(C(=O)c2ccc(Br)c(C(F)(F)F)c2)C3)cc1. The monoisotopic (exact) mass is 699 g/mol. The second-order valence-corrected chi connectivity index (χ2v) is 11.9. The molecular weight excluding hydrogens is 671 g/mol. The molecule has 0 radical (unpaired) electrons. The lowest BCUT2D eigenvalue weighted by molar-refractivity contribution is -0.138. The lowest BCUT2D eigenvalue weighted by atomic mass is 9.98. The summed E-state index contributed by atoms with van der Waals surface area (Å²) in [5.41, 5.74) is 0.299. The van der Waals surface area contributed by atoms with Crippen molar-refractivity contribution in [2.24, 2.45) is 0 Å². The van der Waals surface area contributed by atoms with E-state index >= 15 is 0 Å². The number of benzene rings is 2. The Morgan fingerprint density at radius 2 is 1.70 bits per heavy atom. The highest BCUT2D eigenvalue weighted by Gasteiger charge is 2.36. The Labute approximate surface area is 269 Å². The van der Waals surface area contributed by atoms with E-state index in [1.165, 1.54) is 38.2 Å². The second kappa shape index (κ2) is 12.2. The molecule has 0 bridgehead atoms. The zero-order valence-corrected chi connectivity index (χ0v) is 27.0. The summed E-state index contributed by atoms with van der Waals surface area (Å²) in [7, 11) is 4.65. The van der Waals surface area contributed by atoms with E-state index < -0.39 is 29.2 Å². The molecule has 1 aliphatic rings. The summed E-state index contributed by atoms with van der Waals surface area (Å²) in [6, 6.07) is 10.5. The Morgan fingerprint density at radius 3 is 2.30 bits per heavy atom. The van der Waals surface area contributed by atoms with Crippen LogP contribution in [0.25, 0.3) is 11.6 Å². The molecule has 46 heavy (non-hydrogen) atoms. The first-order valence-corrected chi connectivity index (χ1v) is 14.8. The minimum Gasteiger partial charge on any atom is -0.355 e. The quantitative estimate of drug-likeness (QED) is 0.334. The Morgan fingerprint density at radius 1 is 1.04 bits per heavy atom. The summed E-state index contributed by atoms with van der Waals surface area (Å²) in [5, 5.41) is 6.98. The fourth-order valence-corrected chi connectivity index (χ4v) is 5.72. The minimum absolute atomic E-state index is 0.0247. The average molecular weight is 701 g/mol. The van der Waals surface area contributed by atoms with Crippen molar-refractivity contribution in [3.8, 4) is 11.6 Å². The van der Waals surface area contributed by atoms with Crippen molar-refractivity contribution in [3.05, 3.63) is 103 Å². The van der Waals surface area contributed by atoms with E-state index in [1.807, 2.05) is 0 Å². The fraction of sp³-hybridized carbons (Fsp3) is 0.290. The molecule has 0 spiro atoms. The predicted molar refractivity (Wildman–Crippen MR) is 165 cm³/mol. The molecule has 3 heterocycles. The number of rotatable bonds is 5. The van der Waals surface area contributed by atoms with Crippen molar-refractivity contribution in [2.45, 2.75) is 39.0 Å². The minimum atomic E-state index is -4.68. The summed E-state index contributed by atoms with van der Waals surface area (Å²) in [6.07, 6.45) is -4.60. The summed E-state index contributed by atoms with van der Waals surface area (Å²) in [6.45, 7) is 3.24. The van der Waals surface area contributed by atoms with Crippen molar-refractivity contribution in [3.63, 3.8) is 0 Å². The van der Waals surface area contributed by atoms with Crippen LogP contribution >= 0.6 is 15.9 Å². The molecule has 2 aromatic carbocycles. The normalized spacial score (nSPS) is 14.5. The fourth-order valence-electron chi connectivity index (χ4n) is 5.25. The number of fused-ring (bicyclic) bond motifs is 1. The van der Waals surface area contributed by atoms with Gasteiger partial charge in [-0.2, -0.15) is 18.3 Å². The Balaban J connectivity index is 1.65. The number of aryl methyl sites for hydroxylation is 1. The van der Waals surface area contributed by atoms with Gasteiger partial charge in [0.05, 0.1) is 23.5 Å². The van der Waals surface area contributed by atoms with Gasteiger partial charge in [-0.05, 0) is 68.8 Å². The molecule has 5 rings (SSSR count). The first-order chi connectivity index (χ1) is 21.6. The van der Waals surface area contributed by atoms with E-state index in [-0.39, 0.29) is 52.2 Å². The third-order valence-corrected chi connectivity index (χ3v) is 8.38. The van der Waals surface area contributed by atoms with Gasteiger partial charge in [-0.15, -0.1) is 0 Å². The van der Waals surface area contributed by atoms with Crippen LogP contribution in [0.3, 0.4) is 0 Å². The molecule has 1 aliphatic heterocycles. The smallest absolute Gasteiger partial charge is 0.355 e. The molecule has 240 valence electrons. The van der Waals surface area contributed by atoms with Gasteiger partial charge in [0.15, 0.2) is 5.69 Å². The number of aromatic nitrogens is 4. The third-order valence-electron chi connectivity index (χ3n) is 7.69. The predicted octanol–water partition coefficient (Wildman–Crippen LogP) is 4.16. The van der Waals surface area contributed by atoms with Crippen LogP contribution in [0.4, 0.5) is 13.2 Å². The van der Waals surface area contributed by atoms with Gasteiger partial charge in [-0.25, -0.2) is 14.2 Å². The van der Waals surface area contributed by atoms with Gasteiger partial charge in [0.1, 0.15) is 0 Å². The number of nitrogens with zero attached hydrogens (tertiary/aromatic N) is 6. The van der Waals surface area contributed by atoms with Crippen LogP contribution in [-0.2, 0) is 19.1 Å².